The van der Waals surface area contributed by atoms with Gasteiger partial charge in [0.25, 0.3) is 0 Å². The van der Waals surface area contributed by atoms with Crippen LogP contribution in [0.5, 0.6) is 0 Å². The number of hydrogen-bond donors (Lipinski definition) is 1. The molecule has 0 rings (SSSR count). The second-order valence-electron chi connectivity index (χ2n) is 0.469. The number of hydrogen-bond acceptors (Lipinski definition) is 4. The Morgan fingerprint density at radius 3 is 2.14 bits per heavy atom. The summed E-state index contributed by atoms with van der Waals surface area (Å²) in [7, 11) is -2.60. The quantitative estimate of drug-likeness (QED) is 0.428. The van der Waals surface area contributed by atoms with E-state index in [1.807, 2.05) is 0 Å². The molecule has 0 aromatic heterocycles. The zero-order chi connectivity index (χ0) is 5.86. The van der Waals surface area contributed by atoms with E-state index in [1.54, 1.807) is 0 Å². The van der Waals surface area contributed by atoms with E-state index in [4.69, 9.17) is 4.55 Å². The van der Waals surface area contributed by atoms with Crippen LogP contribution in [0.2, 0.25) is 0 Å². The van der Waals surface area contributed by atoms with Crippen LogP contribution in [0.15, 0.2) is 0 Å². The molecule has 0 radical (unpaired) electrons. The first kappa shape index (κ1) is 7.28. The van der Waals surface area contributed by atoms with Crippen molar-refractivity contribution in [3.63, 3.8) is 0 Å². The molecule has 0 amide bonds. The van der Waals surface area contributed by atoms with Gasteiger partial charge in [-0.1, -0.05) is 0 Å². The molecule has 0 aromatic carbocycles. The molecule has 1 unspecified atom stereocenters. The van der Waals surface area contributed by atoms with Gasteiger partial charge in [0.2, 0.25) is 0 Å². The normalized spacial score (nSPS) is 14.9. The lowest BCUT2D eigenvalue weighted by Gasteiger charge is -1.83. The predicted octanol–water partition coefficient (Wildman–Crippen LogP) is -2.77. The van der Waals surface area contributed by atoms with Crippen LogP contribution in [0.3, 0.4) is 0 Å². The third-order valence-electron chi connectivity index (χ3n) is 0.105. The molecule has 7 heteroatoms. The fourth-order valence-electron chi connectivity index (χ4n) is 0.0440. The molecule has 0 aromatic rings. The van der Waals surface area contributed by atoms with Crippen molar-refractivity contribution in [3.8, 4) is 0 Å². The van der Waals surface area contributed by atoms with E-state index in [0.717, 1.165) is 0 Å². The van der Waals surface area contributed by atoms with E-state index >= 15 is 0 Å². The lowest BCUT2D eigenvalue weighted by atomic mass is 15.8. The Kier molecular flexibility index (Phi) is 3.44. The Hall–Kier alpha value is 0.280. The van der Waals surface area contributed by atoms with E-state index in [1.165, 1.54) is 0 Å². The van der Waals surface area contributed by atoms with Crippen molar-refractivity contribution in [2.75, 3.05) is 0 Å². The fourth-order valence-corrected chi connectivity index (χ4v) is 0.396. The van der Waals surface area contributed by atoms with Crippen LogP contribution in [0.1, 0.15) is 0 Å². The third kappa shape index (κ3) is 6.28. The largest absolute Gasteiger partial charge is 0.410 e. The second kappa shape index (κ2) is 3.30. The number of rotatable bonds is 2. The Labute approximate surface area is 44.8 Å². The average Bonchev–Trinajstić information content (AvgIpc) is 1.27. The van der Waals surface area contributed by atoms with Gasteiger partial charge in [-0.25, -0.2) is 0 Å². The van der Waals surface area contributed by atoms with Gasteiger partial charge in [-0.15, -0.1) is 0 Å². The maximum Gasteiger partial charge on any atom is 0.410 e. The first-order chi connectivity index (χ1) is 3.13. The summed E-state index contributed by atoms with van der Waals surface area (Å²) in [5.74, 6) is 0. The molecule has 0 spiro atoms. The summed E-state index contributed by atoms with van der Waals surface area (Å²) < 4.78 is 38.4. The van der Waals surface area contributed by atoms with Gasteiger partial charge >= 0.3 is 22.1 Å². The van der Waals surface area contributed by atoms with E-state index in [-0.39, 0.29) is 0 Å². The van der Waals surface area contributed by atoms with Crippen molar-refractivity contribution >= 4 is 11.4 Å². The Balaban J connectivity index is 3.13. The lowest BCUT2D eigenvalue weighted by Crippen LogP contribution is -2.34. The van der Waals surface area contributed by atoms with Gasteiger partial charge in [0, 0.05) is 0 Å². The maximum absolute atomic E-state index is 9.30. The summed E-state index contributed by atoms with van der Waals surface area (Å²) in [6.45, 7) is 0. The Morgan fingerprint density at radius 1 is 1.71 bits per heavy atom. The first-order valence-electron chi connectivity index (χ1n) is 0.979. The van der Waals surface area contributed by atoms with Crippen LogP contribution in [0.4, 0.5) is 0 Å². The van der Waals surface area contributed by atoms with Crippen molar-refractivity contribution in [1.82, 2.24) is 0 Å². The Morgan fingerprint density at radius 2 is 2.14 bits per heavy atom. The van der Waals surface area contributed by atoms with Gasteiger partial charge in [0.1, 0.15) is 3.74 Å². The molecular formula is HClO5S. The van der Waals surface area contributed by atoms with Gasteiger partial charge in [0.15, 0.2) is 0 Å². The highest BCUT2D eigenvalue weighted by Crippen LogP contribution is 1.78. The van der Waals surface area contributed by atoms with Crippen LogP contribution in [-0.2, 0) is 15.1 Å². The zero-order valence-electron chi connectivity index (χ0n) is 2.87. The van der Waals surface area contributed by atoms with Crippen LogP contribution in [0, 0.1) is 10.8 Å². The van der Waals surface area contributed by atoms with Crippen molar-refractivity contribution in [2.24, 2.45) is 0 Å². The molecule has 0 bridgehead atoms. The average molecular weight is 149 g/mol. The van der Waals surface area contributed by atoms with E-state index in [2.05, 4.69) is 3.74 Å². The molecular weight excluding hydrogens is 148 g/mol. The summed E-state index contributed by atoms with van der Waals surface area (Å²) in [5.41, 5.74) is 0. The summed E-state index contributed by atoms with van der Waals surface area (Å²) in [6, 6.07) is 0. The van der Waals surface area contributed by atoms with Crippen LogP contribution in [0.25, 0.3) is 0 Å². The first-order valence-corrected chi connectivity index (χ1v) is 2.94. The zero-order valence-corrected chi connectivity index (χ0v) is 4.44. The highest BCUT2D eigenvalue weighted by Gasteiger charge is 2.11. The van der Waals surface area contributed by atoms with Gasteiger partial charge < -0.3 is 9.32 Å². The third-order valence-corrected chi connectivity index (χ3v) is 0.948. The van der Waals surface area contributed by atoms with Crippen molar-refractivity contribution in [1.29, 1.82) is 0 Å². The molecule has 1 atom stereocenters. The molecule has 44 valence electrons. The molecule has 0 fully saturated rings. The SMILES string of the molecule is O=S(O)O[Cl+2]([O-])[O-]. The molecule has 5 nitrogen and oxygen atoms in total. The fraction of sp³-hybridized carbons (Fsp3) is 0. The van der Waals surface area contributed by atoms with E-state index < -0.39 is 22.1 Å². The summed E-state index contributed by atoms with van der Waals surface area (Å²) in [5, 5.41) is 0. The summed E-state index contributed by atoms with van der Waals surface area (Å²) in [4.78, 5) is 0. The molecule has 0 saturated heterocycles. The minimum Gasteiger partial charge on any atom is -0.319 e. The van der Waals surface area contributed by atoms with Crippen molar-refractivity contribution < 1.29 is 32.6 Å². The smallest absolute Gasteiger partial charge is 0.319 e. The molecule has 0 aliphatic heterocycles. The standard InChI is InChI=1S/ClHO5S/c2-1(3)6-7(4)5/h(H,4,5). The van der Waals surface area contributed by atoms with Crippen LogP contribution < -0.4 is 9.32 Å². The molecule has 7 heavy (non-hydrogen) atoms. The minimum absolute atomic E-state index is 2.60. The maximum atomic E-state index is 9.30. The van der Waals surface area contributed by atoms with Gasteiger partial charge in [0.05, 0.1) is 0 Å². The molecule has 1 N–H and O–H groups in total. The van der Waals surface area contributed by atoms with Crippen molar-refractivity contribution in [2.45, 2.75) is 0 Å². The van der Waals surface area contributed by atoms with Crippen LogP contribution in [-0.4, -0.2) is 8.76 Å². The predicted molar refractivity (Wildman–Crippen MR) is 11.9 cm³/mol. The van der Waals surface area contributed by atoms with E-state index in [0.29, 0.717) is 0 Å². The minimum atomic E-state index is -2.72. The highest BCUT2D eigenvalue weighted by atomic mass is 35.6. The second-order valence-corrected chi connectivity index (χ2v) is 1.79. The topological polar surface area (TPSA) is 92.7 Å². The highest BCUT2D eigenvalue weighted by molar-refractivity contribution is 7.74. The van der Waals surface area contributed by atoms with Gasteiger partial charge in [-0.3, -0.25) is 4.55 Å². The van der Waals surface area contributed by atoms with Crippen LogP contribution >= 0.6 is 0 Å². The summed E-state index contributed by atoms with van der Waals surface area (Å²) in [6.07, 6.45) is 0. The van der Waals surface area contributed by atoms with Gasteiger partial charge in [-0.2, -0.15) is 4.21 Å². The molecule has 0 saturated carbocycles. The number of halogens is 1. The molecule has 0 heterocycles. The Bertz CT molecular complexity index is 68.5. The molecule has 0 aliphatic carbocycles. The lowest BCUT2D eigenvalue weighted by molar-refractivity contribution is -1.62. The van der Waals surface area contributed by atoms with E-state index in [9.17, 15) is 13.5 Å². The molecule has 0 aliphatic rings. The van der Waals surface area contributed by atoms with Crippen molar-refractivity contribution in [3.05, 3.63) is 0 Å². The monoisotopic (exact) mass is 148 g/mol. The van der Waals surface area contributed by atoms with Gasteiger partial charge in [-0.05, 0) is 0 Å². The summed E-state index contributed by atoms with van der Waals surface area (Å²) >= 11 is -2.72.